The third kappa shape index (κ3) is 4.02. The van der Waals surface area contributed by atoms with Crippen LogP contribution in [0.15, 0.2) is 43.1 Å². The first-order valence-corrected chi connectivity index (χ1v) is 7.82. The second kappa shape index (κ2) is 8.31. The average molecular weight is 344 g/mol. The molecule has 0 atom stereocenters. The number of amides is 1. The number of pyridine rings is 1. The van der Waals surface area contributed by atoms with Crippen LogP contribution in [0.2, 0.25) is 0 Å². The minimum atomic E-state index is -0.225. The highest BCUT2D eigenvalue weighted by Gasteiger charge is 2.13. The summed E-state index contributed by atoms with van der Waals surface area (Å²) in [6, 6.07) is 7.24. The van der Waals surface area contributed by atoms with Crippen molar-refractivity contribution in [2.45, 2.75) is 13.0 Å². The Hall–Kier alpha value is -2.60. The first-order chi connectivity index (χ1) is 11.6. The molecule has 0 fully saturated rings. The highest BCUT2D eigenvalue weighted by atomic mass is 32.1. The van der Waals surface area contributed by atoms with Crippen LogP contribution < -0.4 is 14.8 Å². The van der Waals surface area contributed by atoms with Crippen molar-refractivity contribution in [2.75, 3.05) is 14.2 Å². The van der Waals surface area contributed by atoms with Gasteiger partial charge in [-0.05, 0) is 36.2 Å². The van der Waals surface area contributed by atoms with Crippen molar-refractivity contribution < 1.29 is 14.3 Å². The number of aromatic nitrogens is 1. The summed E-state index contributed by atoms with van der Waals surface area (Å²) >= 11 is 5.12. The van der Waals surface area contributed by atoms with Crippen molar-refractivity contribution in [1.29, 1.82) is 0 Å². The summed E-state index contributed by atoms with van der Waals surface area (Å²) in [5.41, 5.74) is 2.30. The summed E-state index contributed by atoms with van der Waals surface area (Å²) in [4.78, 5) is 15.1. The molecule has 6 heteroatoms. The molecule has 0 saturated carbocycles. The molecule has 2 N–H and O–H groups in total. The fourth-order valence-corrected chi connectivity index (χ4v) is 2.62. The second-order valence-electron chi connectivity index (χ2n) is 5.08. The Morgan fingerprint density at radius 1 is 1.38 bits per heavy atom. The van der Waals surface area contributed by atoms with E-state index in [1.807, 2.05) is 12.1 Å². The van der Waals surface area contributed by atoms with Crippen LogP contribution in [-0.2, 0) is 13.0 Å². The van der Waals surface area contributed by atoms with Gasteiger partial charge in [-0.3, -0.25) is 4.79 Å². The summed E-state index contributed by atoms with van der Waals surface area (Å²) in [6.45, 7) is 4.11. The van der Waals surface area contributed by atoms with Crippen LogP contribution in [0.4, 0.5) is 0 Å². The van der Waals surface area contributed by atoms with Crippen LogP contribution in [0, 0.1) is 4.64 Å². The van der Waals surface area contributed by atoms with Gasteiger partial charge in [0.15, 0.2) is 11.5 Å². The van der Waals surface area contributed by atoms with Crippen molar-refractivity contribution in [2.24, 2.45) is 0 Å². The van der Waals surface area contributed by atoms with Crippen LogP contribution in [0.25, 0.3) is 0 Å². The van der Waals surface area contributed by atoms with Gasteiger partial charge < -0.3 is 19.8 Å². The Kier molecular flexibility index (Phi) is 6.14. The van der Waals surface area contributed by atoms with Crippen LogP contribution in [0.1, 0.15) is 21.5 Å². The van der Waals surface area contributed by atoms with Gasteiger partial charge in [-0.2, -0.15) is 0 Å². The number of aromatic amines is 1. The van der Waals surface area contributed by atoms with E-state index in [4.69, 9.17) is 21.7 Å². The number of hydrogen-bond acceptors (Lipinski definition) is 4. The SMILES string of the molecule is C=CCc1cc(CNC(=O)c2ccc[nH]c2=S)cc(OC)c1OC. The summed E-state index contributed by atoms with van der Waals surface area (Å²) in [6.07, 6.45) is 4.13. The highest BCUT2D eigenvalue weighted by Crippen LogP contribution is 2.33. The lowest BCUT2D eigenvalue weighted by Crippen LogP contribution is -2.23. The van der Waals surface area contributed by atoms with E-state index in [0.717, 1.165) is 11.1 Å². The maximum Gasteiger partial charge on any atom is 0.254 e. The van der Waals surface area contributed by atoms with Gasteiger partial charge >= 0.3 is 0 Å². The van der Waals surface area contributed by atoms with Crippen LogP contribution >= 0.6 is 12.2 Å². The molecule has 0 bridgehead atoms. The number of ether oxygens (including phenoxy) is 2. The quantitative estimate of drug-likeness (QED) is 0.597. The number of rotatable bonds is 7. The number of benzene rings is 1. The van der Waals surface area contributed by atoms with Gasteiger partial charge in [0, 0.05) is 18.3 Å². The molecule has 0 spiro atoms. The molecule has 0 unspecified atom stereocenters. The summed E-state index contributed by atoms with van der Waals surface area (Å²) in [5.74, 6) is 1.08. The van der Waals surface area contributed by atoms with Crippen LogP contribution in [0.5, 0.6) is 11.5 Å². The maximum atomic E-state index is 12.3. The number of methoxy groups -OCH3 is 2. The molecular weight excluding hydrogens is 324 g/mol. The van der Waals surface area contributed by atoms with Crippen LogP contribution in [-0.4, -0.2) is 25.1 Å². The molecule has 1 aromatic carbocycles. The Bertz CT molecular complexity index is 799. The third-order valence-electron chi connectivity index (χ3n) is 3.50. The third-order valence-corrected chi connectivity index (χ3v) is 3.83. The molecule has 0 saturated heterocycles. The van der Waals surface area contributed by atoms with Crippen molar-refractivity contribution in [1.82, 2.24) is 10.3 Å². The average Bonchev–Trinajstić information content (AvgIpc) is 2.59. The highest BCUT2D eigenvalue weighted by molar-refractivity contribution is 7.71. The second-order valence-corrected chi connectivity index (χ2v) is 5.49. The zero-order valence-corrected chi connectivity index (χ0v) is 14.5. The maximum absolute atomic E-state index is 12.3. The molecule has 1 amide bonds. The predicted molar refractivity (Wildman–Crippen MR) is 96.2 cm³/mol. The zero-order chi connectivity index (χ0) is 17.5. The lowest BCUT2D eigenvalue weighted by molar-refractivity contribution is 0.0950. The molecule has 0 aliphatic carbocycles. The number of carbonyl (C=O) groups is 1. The van der Waals surface area contributed by atoms with Gasteiger partial charge in [0.1, 0.15) is 4.64 Å². The van der Waals surface area contributed by atoms with Crippen molar-refractivity contribution in [3.05, 3.63) is 64.4 Å². The first-order valence-electron chi connectivity index (χ1n) is 7.41. The van der Waals surface area contributed by atoms with E-state index in [-0.39, 0.29) is 5.91 Å². The monoisotopic (exact) mass is 344 g/mol. The first kappa shape index (κ1) is 17.7. The molecule has 2 aromatic rings. The number of hydrogen-bond donors (Lipinski definition) is 2. The predicted octanol–water partition coefficient (Wildman–Crippen LogP) is 3.42. The molecule has 5 nitrogen and oxygen atoms in total. The lowest BCUT2D eigenvalue weighted by Gasteiger charge is -2.15. The Labute approximate surface area is 146 Å². The fourth-order valence-electron chi connectivity index (χ4n) is 2.39. The zero-order valence-electron chi connectivity index (χ0n) is 13.7. The van der Waals surface area contributed by atoms with Crippen molar-refractivity contribution in [3.8, 4) is 11.5 Å². The molecule has 24 heavy (non-hydrogen) atoms. The molecule has 1 aromatic heterocycles. The largest absolute Gasteiger partial charge is 0.493 e. The molecule has 0 aliphatic heterocycles. The van der Waals surface area contributed by atoms with Gasteiger partial charge in [0.2, 0.25) is 0 Å². The van der Waals surface area contributed by atoms with E-state index in [9.17, 15) is 4.79 Å². The van der Waals surface area contributed by atoms with E-state index in [1.54, 1.807) is 38.6 Å². The standard InChI is InChI=1S/C18H20N2O3S/c1-4-6-13-9-12(10-15(22-2)16(13)23-3)11-20-17(21)14-7-5-8-19-18(14)24/h4-5,7-10H,1,6,11H2,2-3H3,(H,19,24)(H,20,21). The van der Waals surface area contributed by atoms with Crippen molar-refractivity contribution in [3.63, 3.8) is 0 Å². The molecular formula is C18H20N2O3S. The van der Waals surface area contributed by atoms with Gasteiger partial charge in [0.25, 0.3) is 5.91 Å². The van der Waals surface area contributed by atoms with Gasteiger partial charge in [-0.1, -0.05) is 18.3 Å². The lowest BCUT2D eigenvalue weighted by atomic mass is 10.1. The minimum Gasteiger partial charge on any atom is -0.493 e. The topological polar surface area (TPSA) is 63.4 Å². The summed E-state index contributed by atoms with van der Waals surface area (Å²) in [5, 5.41) is 2.87. The van der Waals surface area contributed by atoms with E-state index >= 15 is 0 Å². The molecule has 1 heterocycles. The number of carbonyl (C=O) groups excluding carboxylic acids is 1. The number of allylic oxidation sites excluding steroid dienone is 1. The molecule has 0 aliphatic rings. The molecule has 0 radical (unpaired) electrons. The number of nitrogens with one attached hydrogen (secondary N) is 2. The Morgan fingerprint density at radius 2 is 2.17 bits per heavy atom. The molecule has 2 rings (SSSR count). The van der Waals surface area contributed by atoms with E-state index in [0.29, 0.717) is 34.7 Å². The normalized spacial score (nSPS) is 10.1. The van der Waals surface area contributed by atoms with E-state index < -0.39 is 0 Å². The fraction of sp³-hybridized carbons (Fsp3) is 0.222. The van der Waals surface area contributed by atoms with Crippen LogP contribution in [0.3, 0.4) is 0 Å². The smallest absolute Gasteiger partial charge is 0.254 e. The van der Waals surface area contributed by atoms with Gasteiger partial charge in [-0.15, -0.1) is 6.58 Å². The van der Waals surface area contributed by atoms with Gasteiger partial charge in [-0.25, -0.2) is 0 Å². The van der Waals surface area contributed by atoms with Gasteiger partial charge in [0.05, 0.1) is 19.8 Å². The Morgan fingerprint density at radius 3 is 2.79 bits per heavy atom. The van der Waals surface area contributed by atoms with E-state index in [2.05, 4.69) is 16.9 Å². The minimum absolute atomic E-state index is 0.225. The van der Waals surface area contributed by atoms with Crippen molar-refractivity contribution >= 4 is 18.1 Å². The number of H-pyrrole nitrogens is 1. The summed E-state index contributed by atoms with van der Waals surface area (Å²) in [7, 11) is 3.18. The van der Waals surface area contributed by atoms with E-state index in [1.165, 1.54) is 0 Å². The molecule has 126 valence electrons. The Balaban J connectivity index is 2.22. The summed E-state index contributed by atoms with van der Waals surface area (Å²) < 4.78 is 11.2.